The number of carbonyl (C=O) groups excluding carboxylic acids is 1. The third-order valence-electron chi connectivity index (χ3n) is 4.60. The van der Waals surface area contributed by atoms with E-state index in [0.717, 1.165) is 0 Å². The number of nitrogens with one attached hydrogen (secondary N) is 1. The van der Waals surface area contributed by atoms with Crippen molar-refractivity contribution >= 4 is 5.91 Å². The fraction of sp³-hybridized carbons (Fsp3) is 0.533. The van der Waals surface area contributed by atoms with Gasteiger partial charge >= 0.3 is 5.92 Å². The Morgan fingerprint density at radius 3 is 2.71 bits per heavy atom. The van der Waals surface area contributed by atoms with Gasteiger partial charge in [-0.15, -0.1) is 0 Å². The van der Waals surface area contributed by atoms with E-state index in [0.29, 0.717) is 30.4 Å². The van der Waals surface area contributed by atoms with Gasteiger partial charge in [0, 0.05) is 0 Å². The summed E-state index contributed by atoms with van der Waals surface area (Å²) in [4.78, 5) is 11.9. The molecule has 114 valence electrons. The molecule has 2 aliphatic carbocycles. The molecule has 1 fully saturated rings. The molecule has 4 nitrogen and oxygen atoms in total. The summed E-state index contributed by atoms with van der Waals surface area (Å²) in [5, 5.41) is 21.8. The molecule has 2 aliphatic rings. The lowest BCUT2D eigenvalue weighted by Crippen LogP contribution is -2.60. The maximum absolute atomic E-state index is 14.0. The zero-order valence-electron chi connectivity index (χ0n) is 11.4. The van der Waals surface area contributed by atoms with Gasteiger partial charge in [-0.25, -0.2) is 0 Å². The van der Waals surface area contributed by atoms with Crippen LogP contribution in [0.15, 0.2) is 18.2 Å². The molecular weight excluding hydrogens is 280 g/mol. The highest BCUT2D eigenvalue weighted by Crippen LogP contribution is 2.45. The normalized spacial score (nSPS) is 23.3. The number of fused-ring (bicyclic) bond motifs is 1. The zero-order valence-corrected chi connectivity index (χ0v) is 11.4. The van der Waals surface area contributed by atoms with Crippen LogP contribution in [0.1, 0.15) is 42.9 Å². The van der Waals surface area contributed by atoms with Gasteiger partial charge in [0.25, 0.3) is 5.91 Å². The Hall–Kier alpha value is -1.69. The van der Waals surface area contributed by atoms with Crippen LogP contribution in [0.4, 0.5) is 8.78 Å². The van der Waals surface area contributed by atoms with Crippen molar-refractivity contribution in [1.29, 1.82) is 0 Å². The highest BCUT2D eigenvalue weighted by Gasteiger charge is 2.61. The van der Waals surface area contributed by atoms with Crippen LogP contribution in [0.2, 0.25) is 0 Å². The lowest BCUT2D eigenvalue weighted by molar-refractivity contribution is -0.216. The maximum Gasteiger partial charge on any atom is 0.352 e. The molecule has 0 heterocycles. The lowest BCUT2D eigenvalue weighted by atomic mass is 9.75. The average molecular weight is 297 g/mol. The van der Waals surface area contributed by atoms with E-state index >= 15 is 0 Å². The van der Waals surface area contributed by atoms with Crippen molar-refractivity contribution < 1.29 is 23.8 Å². The molecule has 6 heteroatoms. The van der Waals surface area contributed by atoms with Crippen LogP contribution in [0.3, 0.4) is 0 Å². The second kappa shape index (κ2) is 4.66. The number of halogens is 2. The molecule has 3 rings (SSSR count). The number of phenolic OH excluding ortho intramolecular Hbond substituents is 1. The molecule has 0 spiro atoms. The van der Waals surface area contributed by atoms with Gasteiger partial charge in [0.2, 0.25) is 0 Å². The van der Waals surface area contributed by atoms with Crippen LogP contribution in [0, 0.1) is 0 Å². The van der Waals surface area contributed by atoms with E-state index in [-0.39, 0.29) is 18.6 Å². The molecule has 0 aromatic heterocycles. The first kappa shape index (κ1) is 14.3. The summed E-state index contributed by atoms with van der Waals surface area (Å²) in [6, 6.07) is 4.32. The van der Waals surface area contributed by atoms with Gasteiger partial charge in [-0.1, -0.05) is 12.1 Å². The average Bonchev–Trinajstić information content (AvgIpc) is 2.80. The van der Waals surface area contributed by atoms with Crippen molar-refractivity contribution in [3.63, 3.8) is 0 Å². The second-order valence-electron chi connectivity index (χ2n) is 5.87. The van der Waals surface area contributed by atoms with Gasteiger partial charge in [0.15, 0.2) is 0 Å². The number of benzene rings is 1. The number of aliphatic hydroxyl groups is 1. The third kappa shape index (κ3) is 2.09. The van der Waals surface area contributed by atoms with E-state index in [9.17, 15) is 23.8 Å². The van der Waals surface area contributed by atoms with E-state index in [4.69, 9.17) is 0 Å². The molecule has 1 aromatic carbocycles. The quantitative estimate of drug-likeness (QED) is 0.799. The van der Waals surface area contributed by atoms with Crippen LogP contribution < -0.4 is 5.32 Å². The van der Waals surface area contributed by atoms with E-state index in [2.05, 4.69) is 5.32 Å². The maximum atomic E-state index is 14.0. The van der Waals surface area contributed by atoms with Gasteiger partial charge in [-0.3, -0.25) is 4.79 Å². The molecule has 3 N–H and O–H groups in total. The van der Waals surface area contributed by atoms with Gasteiger partial charge < -0.3 is 15.5 Å². The zero-order chi connectivity index (χ0) is 15.3. The minimum atomic E-state index is -3.79. The molecule has 1 atom stereocenters. The number of hydrogen-bond acceptors (Lipinski definition) is 3. The van der Waals surface area contributed by atoms with Crippen LogP contribution in [0.25, 0.3) is 0 Å². The molecule has 0 bridgehead atoms. The third-order valence-corrected chi connectivity index (χ3v) is 4.60. The Labute approximate surface area is 120 Å². The van der Waals surface area contributed by atoms with E-state index in [1.54, 1.807) is 12.1 Å². The van der Waals surface area contributed by atoms with Gasteiger partial charge in [-0.2, -0.15) is 8.78 Å². The Kier molecular flexibility index (Phi) is 3.16. The summed E-state index contributed by atoms with van der Waals surface area (Å²) < 4.78 is 28.1. The van der Waals surface area contributed by atoms with Gasteiger partial charge in [-0.05, 0) is 49.3 Å². The smallest absolute Gasteiger partial charge is 0.352 e. The summed E-state index contributed by atoms with van der Waals surface area (Å²) >= 11 is 0. The fourth-order valence-corrected chi connectivity index (χ4v) is 3.07. The predicted molar refractivity (Wildman–Crippen MR) is 71.1 cm³/mol. The number of carbonyl (C=O) groups is 1. The monoisotopic (exact) mass is 297 g/mol. The first-order chi connectivity index (χ1) is 9.85. The fourth-order valence-electron chi connectivity index (χ4n) is 3.07. The Morgan fingerprint density at radius 2 is 2.10 bits per heavy atom. The first-order valence-electron chi connectivity index (χ1n) is 7.07. The van der Waals surface area contributed by atoms with Crippen LogP contribution in [0.5, 0.6) is 5.75 Å². The largest absolute Gasteiger partial charge is 0.508 e. The van der Waals surface area contributed by atoms with Crippen LogP contribution >= 0.6 is 0 Å². The van der Waals surface area contributed by atoms with Crippen LogP contribution in [-0.2, 0) is 11.2 Å². The minimum absolute atomic E-state index is 0.0601. The Balaban J connectivity index is 1.77. The number of phenols is 1. The SMILES string of the molecule is O=C(NC1CCc2c(O)cccc21)C(F)(F)C1(O)CCC1. The molecule has 0 radical (unpaired) electrons. The second-order valence-corrected chi connectivity index (χ2v) is 5.87. The molecule has 1 unspecified atom stereocenters. The number of hydrogen-bond donors (Lipinski definition) is 3. The summed E-state index contributed by atoms with van der Waals surface area (Å²) in [6.07, 6.45) is 1.38. The van der Waals surface area contributed by atoms with E-state index in [1.807, 2.05) is 0 Å². The number of alkyl halides is 2. The summed E-state index contributed by atoms with van der Waals surface area (Å²) in [5.74, 6) is -5.11. The van der Waals surface area contributed by atoms with Crippen molar-refractivity contribution in [1.82, 2.24) is 5.32 Å². The standard InChI is InChI=1S/C15H17F2NO3/c16-15(17,14(21)7-2-8-14)13(20)18-11-6-5-10-9(11)3-1-4-12(10)19/h1,3-4,11,19,21H,2,5-8H2,(H,18,20). The minimum Gasteiger partial charge on any atom is -0.508 e. The number of amides is 1. The number of rotatable bonds is 3. The van der Waals surface area contributed by atoms with Crippen molar-refractivity contribution in [2.75, 3.05) is 0 Å². The predicted octanol–water partition coefficient (Wildman–Crippen LogP) is 2.05. The Morgan fingerprint density at radius 1 is 1.38 bits per heavy atom. The van der Waals surface area contributed by atoms with Gasteiger partial charge in [0.05, 0.1) is 6.04 Å². The molecule has 21 heavy (non-hydrogen) atoms. The summed E-state index contributed by atoms with van der Waals surface area (Å²) in [6.45, 7) is 0. The topological polar surface area (TPSA) is 69.6 Å². The van der Waals surface area contributed by atoms with E-state index < -0.39 is 23.5 Å². The van der Waals surface area contributed by atoms with E-state index in [1.165, 1.54) is 6.07 Å². The molecular formula is C15H17F2NO3. The molecule has 1 aromatic rings. The molecule has 1 saturated carbocycles. The first-order valence-corrected chi connectivity index (χ1v) is 7.07. The Bertz CT molecular complexity index is 584. The summed E-state index contributed by atoms with van der Waals surface area (Å²) in [7, 11) is 0. The highest BCUT2D eigenvalue weighted by molar-refractivity contribution is 5.85. The molecule has 0 aliphatic heterocycles. The van der Waals surface area contributed by atoms with Crippen molar-refractivity contribution in [3.8, 4) is 5.75 Å². The van der Waals surface area contributed by atoms with Crippen LogP contribution in [-0.4, -0.2) is 27.6 Å². The number of aromatic hydroxyl groups is 1. The van der Waals surface area contributed by atoms with Crippen molar-refractivity contribution in [2.24, 2.45) is 0 Å². The van der Waals surface area contributed by atoms with Gasteiger partial charge in [0.1, 0.15) is 11.4 Å². The molecule has 1 amide bonds. The highest BCUT2D eigenvalue weighted by atomic mass is 19.3. The lowest BCUT2D eigenvalue weighted by Gasteiger charge is -2.41. The van der Waals surface area contributed by atoms with Crippen molar-refractivity contribution in [3.05, 3.63) is 29.3 Å². The van der Waals surface area contributed by atoms with Crippen molar-refractivity contribution in [2.45, 2.75) is 49.7 Å². The summed E-state index contributed by atoms with van der Waals surface area (Å²) in [5.41, 5.74) is -0.856. The molecule has 0 saturated heterocycles.